The number of nitrogens with one attached hydrogen (secondary N) is 1. The number of pyridine rings is 2. The molecule has 0 radical (unpaired) electrons. The predicted octanol–water partition coefficient (Wildman–Crippen LogP) is 5.06. The van der Waals surface area contributed by atoms with Gasteiger partial charge in [0.05, 0.1) is 23.6 Å². The lowest BCUT2D eigenvalue weighted by molar-refractivity contribution is 0.548. The van der Waals surface area contributed by atoms with E-state index in [1.54, 1.807) is 6.20 Å². The molecule has 1 aliphatic heterocycles. The molecule has 1 fully saturated rings. The van der Waals surface area contributed by atoms with E-state index in [0.29, 0.717) is 5.11 Å². The van der Waals surface area contributed by atoms with Crippen molar-refractivity contribution in [3.63, 3.8) is 0 Å². The summed E-state index contributed by atoms with van der Waals surface area (Å²) < 4.78 is 2.26. The Morgan fingerprint density at radius 1 is 0.903 bits per heavy atom. The Bertz CT molecular complexity index is 1220. The molecule has 1 N–H and O–H groups in total. The van der Waals surface area contributed by atoms with Gasteiger partial charge < -0.3 is 14.8 Å². The summed E-state index contributed by atoms with van der Waals surface area (Å²) >= 11 is 5.85. The summed E-state index contributed by atoms with van der Waals surface area (Å²) in [4.78, 5) is 11.2. The molecular weight excluding hydrogens is 402 g/mol. The van der Waals surface area contributed by atoms with Gasteiger partial charge in [-0.2, -0.15) is 0 Å². The molecule has 3 aromatic heterocycles. The molecule has 1 aromatic carbocycles. The smallest absolute Gasteiger partial charge is 0.174 e. The zero-order valence-corrected chi connectivity index (χ0v) is 18.3. The molecule has 2 atom stereocenters. The van der Waals surface area contributed by atoms with Crippen molar-refractivity contribution in [2.24, 2.45) is 0 Å². The Labute approximate surface area is 187 Å². The van der Waals surface area contributed by atoms with E-state index >= 15 is 0 Å². The minimum Gasteiger partial charge on any atom is -0.351 e. The maximum Gasteiger partial charge on any atom is 0.174 e. The summed E-state index contributed by atoms with van der Waals surface area (Å²) in [5, 5.41) is 4.24. The first kappa shape index (κ1) is 19.5. The normalized spacial score (nSPS) is 18.3. The van der Waals surface area contributed by atoms with Gasteiger partial charge in [-0.25, -0.2) is 0 Å². The van der Waals surface area contributed by atoms with E-state index in [2.05, 4.69) is 87.1 Å². The van der Waals surface area contributed by atoms with Crippen molar-refractivity contribution >= 4 is 23.0 Å². The molecule has 6 heteroatoms. The summed E-state index contributed by atoms with van der Waals surface area (Å²) in [5.41, 5.74) is 6.53. The second-order valence-corrected chi connectivity index (χ2v) is 8.17. The quantitative estimate of drug-likeness (QED) is 0.463. The van der Waals surface area contributed by atoms with Crippen LogP contribution >= 0.6 is 12.2 Å². The van der Waals surface area contributed by atoms with Crippen LogP contribution in [0.5, 0.6) is 0 Å². The van der Waals surface area contributed by atoms with Crippen LogP contribution in [0.1, 0.15) is 34.7 Å². The topological polar surface area (TPSA) is 46.0 Å². The van der Waals surface area contributed by atoms with Gasteiger partial charge >= 0.3 is 0 Å². The molecule has 4 aromatic rings. The van der Waals surface area contributed by atoms with Crippen LogP contribution in [0.2, 0.25) is 0 Å². The first-order valence-electron chi connectivity index (χ1n) is 10.3. The number of thiocarbonyl (C=S) groups is 1. The van der Waals surface area contributed by atoms with Gasteiger partial charge in [0.25, 0.3) is 0 Å². The average molecular weight is 426 g/mol. The third-order valence-electron chi connectivity index (χ3n) is 5.69. The lowest BCUT2D eigenvalue weighted by atomic mass is 10.0. The lowest BCUT2D eigenvalue weighted by Crippen LogP contribution is -2.30. The maximum absolute atomic E-state index is 5.85. The fourth-order valence-electron chi connectivity index (χ4n) is 4.34. The minimum atomic E-state index is -0.0843. The second-order valence-electron chi connectivity index (χ2n) is 7.78. The Morgan fingerprint density at radius 3 is 2.52 bits per heavy atom. The van der Waals surface area contributed by atoms with Crippen LogP contribution in [0.3, 0.4) is 0 Å². The van der Waals surface area contributed by atoms with E-state index in [9.17, 15) is 0 Å². The molecule has 0 spiro atoms. The summed E-state index contributed by atoms with van der Waals surface area (Å²) in [5.74, 6) is 0. The fraction of sp³-hybridized carbons (Fsp3) is 0.160. The van der Waals surface area contributed by atoms with Crippen molar-refractivity contribution in [2.45, 2.75) is 25.9 Å². The van der Waals surface area contributed by atoms with Gasteiger partial charge in [-0.1, -0.05) is 18.2 Å². The van der Waals surface area contributed by atoms with Crippen molar-refractivity contribution in [1.29, 1.82) is 0 Å². The number of nitrogens with zero attached hydrogens (tertiary/aromatic N) is 4. The molecule has 0 amide bonds. The number of aromatic nitrogens is 3. The summed E-state index contributed by atoms with van der Waals surface area (Å²) in [6.07, 6.45) is 5.52. The highest BCUT2D eigenvalue weighted by Crippen LogP contribution is 2.42. The SMILES string of the molecule is Cc1cccc(N2C(=S)NC(c3ccccn3)C2c2ccc(C)n2-c2cccnc2)c1. The molecular formula is C25H23N5S. The number of benzene rings is 1. The van der Waals surface area contributed by atoms with Crippen LogP contribution < -0.4 is 10.2 Å². The van der Waals surface area contributed by atoms with Crippen LogP contribution in [0.4, 0.5) is 5.69 Å². The molecule has 0 bridgehead atoms. The molecule has 1 saturated heterocycles. The van der Waals surface area contributed by atoms with Crippen LogP contribution in [-0.4, -0.2) is 19.6 Å². The highest BCUT2D eigenvalue weighted by molar-refractivity contribution is 7.80. The van der Waals surface area contributed by atoms with Gasteiger partial charge in [-0.15, -0.1) is 0 Å². The van der Waals surface area contributed by atoms with Gasteiger partial charge in [-0.05, 0) is 80.2 Å². The van der Waals surface area contributed by atoms with Crippen molar-refractivity contribution in [1.82, 2.24) is 19.9 Å². The molecule has 31 heavy (non-hydrogen) atoms. The Balaban J connectivity index is 1.71. The largest absolute Gasteiger partial charge is 0.351 e. The monoisotopic (exact) mass is 425 g/mol. The fourth-order valence-corrected chi connectivity index (χ4v) is 4.69. The van der Waals surface area contributed by atoms with Crippen molar-refractivity contribution < 1.29 is 0 Å². The van der Waals surface area contributed by atoms with Crippen molar-refractivity contribution in [3.05, 3.63) is 108 Å². The summed E-state index contributed by atoms with van der Waals surface area (Å²) in [6.45, 7) is 4.22. The van der Waals surface area contributed by atoms with Crippen LogP contribution in [0, 0.1) is 13.8 Å². The molecule has 4 heterocycles. The number of anilines is 1. The Kier molecular flexibility index (Phi) is 5.00. The van der Waals surface area contributed by atoms with Gasteiger partial charge in [-0.3, -0.25) is 9.97 Å². The zero-order valence-electron chi connectivity index (χ0n) is 17.4. The predicted molar refractivity (Wildman–Crippen MR) is 127 cm³/mol. The molecule has 0 aliphatic carbocycles. The van der Waals surface area contributed by atoms with Gasteiger partial charge in [0.15, 0.2) is 5.11 Å². The van der Waals surface area contributed by atoms with E-state index in [4.69, 9.17) is 12.2 Å². The first-order valence-corrected chi connectivity index (χ1v) is 10.7. The van der Waals surface area contributed by atoms with E-state index in [1.165, 1.54) is 5.56 Å². The van der Waals surface area contributed by atoms with E-state index in [0.717, 1.165) is 28.5 Å². The van der Waals surface area contributed by atoms with Gasteiger partial charge in [0, 0.05) is 29.5 Å². The lowest BCUT2D eigenvalue weighted by Gasteiger charge is -2.29. The van der Waals surface area contributed by atoms with Crippen molar-refractivity contribution in [3.8, 4) is 5.69 Å². The highest BCUT2D eigenvalue weighted by Gasteiger charge is 2.42. The van der Waals surface area contributed by atoms with Crippen LogP contribution in [0.25, 0.3) is 5.69 Å². The Morgan fingerprint density at radius 2 is 1.77 bits per heavy atom. The van der Waals surface area contributed by atoms with Gasteiger partial charge in [0.1, 0.15) is 6.04 Å². The molecule has 5 nitrogen and oxygen atoms in total. The highest BCUT2D eigenvalue weighted by atomic mass is 32.1. The summed E-state index contributed by atoms with van der Waals surface area (Å²) in [6, 6.07) is 22.7. The van der Waals surface area contributed by atoms with Gasteiger partial charge in [0.2, 0.25) is 0 Å². The third kappa shape index (κ3) is 3.49. The standard InChI is InChI=1S/C25H23N5S/c1-17-7-5-8-19(15-17)30-24(23(28-25(30)31)21-10-3-4-14-27-21)22-12-11-18(2)29(22)20-9-6-13-26-16-20/h3-16,23-24H,1-2H3,(H,28,31). The first-order chi connectivity index (χ1) is 15.1. The van der Waals surface area contributed by atoms with E-state index in [1.807, 2.05) is 30.6 Å². The van der Waals surface area contributed by atoms with Crippen LogP contribution in [-0.2, 0) is 0 Å². The second kappa shape index (κ2) is 7.96. The molecule has 2 unspecified atom stereocenters. The molecule has 1 aliphatic rings. The Hall–Kier alpha value is -3.51. The molecule has 0 saturated carbocycles. The number of hydrogen-bond donors (Lipinski definition) is 1. The summed E-state index contributed by atoms with van der Waals surface area (Å²) in [7, 11) is 0. The molecule has 154 valence electrons. The maximum atomic E-state index is 5.85. The zero-order chi connectivity index (χ0) is 21.4. The van der Waals surface area contributed by atoms with Crippen LogP contribution in [0.15, 0.2) is 85.3 Å². The third-order valence-corrected chi connectivity index (χ3v) is 6.01. The van der Waals surface area contributed by atoms with E-state index < -0.39 is 0 Å². The number of aryl methyl sites for hydroxylation is 2. The van der Waals surface area contributed by atoms with E-state index in [-0.39, 0.29) is 12.1 Å². The minimum absolute atomic E-state index is 0.0712. The molecule has 5 rings (SSSR count). The van der Waals surface area contributed by atoms with Crippen molar-refractivity contribution in [2.75, 3.05) is 4.90 Å². The number of rotatable bonds is 4. The number of hydrogen-bond acceptors (Lipinski definition) is 3. The average Bonchev–Trinajstić information content (AvgIpc) is 3.34.